The van der Waals surface area contributed by atoms with Crippen molar-refractivity contribution in [3.63, 3.8) is 0 Å². The zero-order valence-electron chi connectivity index (χ0n) is 32.5. The van der Waals surface area contributed by atoms with Crippen LogP contribution in [-0.2, 0) is 23.4 Å². The highest BCUT2D eigenvalue weighted by Crippen LogP contribution is 2.46. The van der Waals surface area contributed by atoms with Gasteiger partial charge in [-0.15, -0.1) is 0 Å². The minimum absolute atomic E-state index is 0.251. The van der Waals surface area contributed by atoms with E-state index in [9.17, 15) is 9.36 Å². The molecule has 290 valence electrons. The van der Waals surface area contributed by atoms with Crippen LogP contribution < -0.4 is 5.09 Å². The molecule has 1 aliphatic rings. The van der Waals surface area contributed by atoms with Crippen LogP contribution in [-0.4, -0.2) is 38.0 Å². The number of hydrogen-bond donors (Lipinski definition) is 1. The molecule has 1 N–H and O–H groups in total. The van der Waals surface area contributed by atoms with Crippen molar-refractivity contribution in [2.24, 2.45) is 0 Å². The maximum absolute atomic E-state index is 12.7. The van der Waals surface area contributed by atoms with E-state index in [2.05, 4.69) is 91.8 Å². The second-order valence-corrected chi connectivity index (χ2v) is 15.7. The molecule has 0 aromatic rings. The summed E-state index contributed by atoms with van der Waals surface area (Å²) >= 11 is 0. The molecule has 51 heavy (non-hydrogen) atoms. The van der Waals surface area contributed by atoms with Crippen LogP contribution in [0.1, 0.15) is 155 Å². The first-order chi connectivity index (χ1) is 25.1. The molecule has 1 aliphatic heterocycles. The zero-order chi connectivity index (χ0) is 36.8. The maximum atomic E-state index is 12.7. The normalized spacial score (nSPS) is 17.6. The molecule has 2 unspecified atom stereocenters. The van der Waals surface area contributed by atoms with E-state index in [1.54, 1.807) is 6.26 Å². The molecule has 1 heterocycles. The molecule has 0 amide bonds. The molecule has 7 heteroatoms. The Morgan fingerprint density at radius 2 is 1.18 bits per heavy atom. The Morgan fingerprint density at radius 1 is 0.667 bits per heavy atom. The van der Waals surface area contributed by atoms with Crippen molar-refractivity contribution in [3.8, 4) is 0 Å². The molecule has 6 nitrogen and oxygen atoms in total. The Bertz CT molecular complexity index is 1060. The Kier molecular flexibility index (Phi) is 32.9. The fourth-order valence-corrected chi connectivity index (χ4v) is 7.40. The predicted octanol–water partition coefficient (Wildman–Crippen LogP) is 13.2. The van der Waals surface area contributed by atoms with Crippen LogP contribution in [0.4, 0.5) is 0 Å². The third kappa shape index (κ3) is 32.0. The van der Waals surface area contributed by atoms with E-state index in [4.69, 9.17) is 14.0 Å². The number of allylic oxidation sites excluding steroid dienone is 13. The SMILES string of the molecule is CC/C=C\C/C=C\C/C=C\C/C=C\C/C=C\C/C=C\CCC(=O)OC(CCP1(=O)NCCO1)CO/C=C\CCCCCCCCCCCCCC. The van der Waals surface area contributed by atoms with Crippen molar-refractivity contribution in [1.29, 1.82) is 0 Å². The molecule has 0 saturated carbocycles. The molecule has 1 saturated heterocycles. The monoisotopic (exact) mass is 728 g/mol. The minimum Gasteiger partial charge on any atom is -0.498 e. The van der Waals surface area contributed by atoms with Gasteiger partial charge in [0.25, 0.3) is 7.52 Å². The van der Waals surface area contributed by atoms with Crippen LogP contribution in [0.25, 0.3) is 0 Å². The lowest BCUT2D eigenvalue weighted by Gasteiger charge is -2.19. The molecule has 1 rings (SSSR count). The van der Waals surface area contributed by atoms with Gasteiger partial charge in [0.2, 0.25) is 0 Å². The van der Waals surface area contributed by atoms with E-state index >= 15 is 0 Å². The van der Waals surface area contributed by atoms with Crippen molar-refractivity contribution in [2.75, 3.05) is 25.9 Å². The zero-order valence-corrected chi connectivity index (χ0v) is 33.4. The first-order valence-electron chi connectivity index (χ1n) is 20.4. The van der Waals surface area contributed by atoms with Gasteiger partial charge in [0.1, 0.15) is 12.7 Å². The lowest BCUT2D eigenvalue weighted by Crippen LogP contribution is -2.24. The Labute approximate surface area is 313 Å². The van der Waals surface area contributed by atoms with Gasteiger partial charge in [-0.1, -0.05) is 157 Å². The van der Waals surface area contributed by atoms with Gasteiger partial charge < -0.3 is 14.0 Å². The van der Waals surface area contributed by atoms with Crippen LogP contribution >= 0.6 is 7.52 Å². The second kappa shape index (κ2) is 36.0. The average molecular weight is 728 g/mol. The summed E-state index contributed by atoms with van der Waals surface area (Å²) in [5.41, 5.74) is 0. The summed E-state index contributed by atoms with van der Waals surface area (Å²) in [6.07, 6.45) is 54.0. The number of rotatable bonds is 34. The molecule has 2 atom stereocenters. The van der Waals surface area contributed by atoms with Crippen LogP contribution in [0.15, 0.2) is 85.3 Å². The fourth-order valence-electron chi connectivity index (χ4n) is 5.58. The number of carbonyl (C=O) groups is 1. The molecule has 0 aliphatic carbocycles. The highest BCUT2D eigenvalue weighted by molar-refractivity contribution is 7.57. The van der Waals surface area contributed by atoms with Crippen LogP contribution in [0, 0.1) is 0 Å². The van der Waals surface area contributed by atoms with Gasteiger partial charge in [-0.2, -0.15) is 0 Å². The van der Waals surface area contributed by atoms with E-state index in [1.807, 2.05) is 6.08 Å². The van der Waals surface area contributed by atoms with Gasteiger partial charge in [-0.3, -0.25) is 9.36 Å². The Hall–Kier alpha value is -2.40. The summed E-state index contributed by atoms with van der Waals surface area (Å²) in [6.45, 7) is 5.71. The van der Waals surface area contributed by atoms with Crippen LogP contribution in [0.3, 0.4) is 0 Å². The highest BCUT2D eigenvalue weighted by atomic mass is 31.2. The molecule has 1 fully saturated rings. The van der Waals surface area contributed by atoms with Gasteiger partial charge in [0.15, 0.2) is 0 Å². The van der Waals surface area contributed by atoms with Crippen molar-refractivity contribution < 1.29 is 23.4 Å². The summed E-state index contributed by atoms with van der Waals surface area (Å²) in [4.78, 5) is 12.6. The van der Waals surface area contributed by atoms with Gasteiger partial charge in [-0.25, -0.2) is 5.09 Å². The maximum Gasteiger partial charge on any atom is 0.306 e. The summed E-state index contributed by atoms with van der Waals surface area (Å²) in [7, 11) is -2.84. The number of ether oxygens (including phenoxy) is 2. The van der Waals surface area contributed by atoms with Gasteiger partial charge in [0, 0.05) is 19.1 Å². The molecular formula is C44H74NO5P. The first kappa shape index (κ1) is 46.6. The van der Waals surface area contributed by atoms with E-state index < -0.39 is 13.6 Å². The quantitative estimate of drug-likeness (QED) is 0.0234. The fraction of sp³-hybridized carbons (Fsp3) is 0.659. The first-order valence-corrected chi connectivity index (χ1v) is 22.3. The molecule has 0 radical (unpaired) electrons. The third-order valence-corrected chi connectivity index (χ3v) is 10.8. The smallest absolute Gasteiger partial charge is 0.306 e. The lowest BCUT2D eigenvalue weighted by atomic mass is 10.0. The van der Waals surface area contributed by atoms with E-state index in [0.717, 1.165) is 51.4 Å². The summed E-state index contributed by atoms with van der Waals surface area (Å²) < 4.78 is 29.7. The van der Waals surface area contributed by atoms with Gasteiger partial charge >= 0.3 is 5.97 Å². The summed E-state index contributed by atoms with van der Waals surface area (Å²) in [5, 5.41) is 2.97. The molecule has 0 aromatic heterocycles. The number of unbranched alkanes of at least 4 members (excludes halogenated alkanes) is 12. The number of nitrogens with one attached hydrogen (secondary N) is 1. The number of esters is 1. The summed E-state index contributed by atoms with van der Waals surface area (Å²) in [5.74, 6) is -0.262. The molecular weight excluding hydrogens is 653 g/mol. The molecule has 0 spiro atoms. The number of hydrogen-bond acceptors (Lipinski definition) is 5. The summed E-state index contributed by atoms with van der Waals surface area (Å²) in [6, 6.07) is 0. The van der Waals surface area contributed by atoms with Crippen LogP contribution in [0.5, 0.6) is 0 Å². The van der Waals surface area contributed by atoms with Gasteiger partial charge in [0.05, 0.1) is 12.9 Å². The van der Waals surface area contributed by atoms with E-state index in [1.165, 1.54) is 70.6 Å². The van der Waals surface area contributed by atoms with Crippen molar-refractivity contribution in [2.45, 2.75) is 161 Å². The van der Waals surface area contributed by atoms with Crippen molar-refractivity contribution in [3.05, 3.63) is 85.3 Å². The van der Waals surface area contributed by atoms with Gasteiger partial charge in [-0.05, 0) is 70.3 Å². The van der Waals surface area contributed by atoms with Crippen LogP contribution in [0.2, 0.25) is 0 Å². The number of carbonyl (C=O) groups excluding carboxylic acids is 1. The third-order valence-electron chi connectivity index (χ3n) is 8.61. The van der Waals surface area contributed by atoms with E-state index in [0.29, 0.717) is 38.6 Å². The standard InChI is InChI=1S/C44H74NO5P/c1-3-5-7-9-11-13-15-17-19-20-21-22-23-24-26-28-30-32-34-36-44(46)50-43(37-41-51(47)45-38-40-49-51)42-48-39-35-33-31-29-27-25-18-16-14-12-10-8-6-4-2/h5,7,11,13,17,19,21-22,24,26,30,32,35,39,43H,3-4,6,8-10,12,14-16,18,20,23,25,27-29,31,33-34,36-38,40-42H2,1-2H3,(H,45,47)/b7-5-,13-11-,19-17-,22-21-,26-24-,32-30-,39-35-. The minimum atomic E-state index is -2.84. The Balaban J connectivity index is 2.20. The van der Waals surface area contributed by atoms with Crippen molar-refractivity contribution in [1.82, 2.24) is 5.09 Å². The Morgan fingerprint density at radius 3 is 1.69 bits per heavy atom. The topological polar surface area (TPSA) is 73.9 Å². The second-order valence-electron chi connectivity index (χ2n) is 13.4. The van der Waals surface area contributed by atoms with E-state index in [-0.39, 0.29) is 12.6 Å². The highest BCUT2D eigenvalue weighted by Gasteiger charge is 2.29. The van der Waals surface area contributed by atoms with Crippen molar-refractivity contribution >= 4 is 13.5 Å². The lowest BCUT2D eigenvalue weighted by molar-refractivity contribution is -0.151. The largest absolute Gasteiger partial charge is 0.498 e. The average Bonchev–Trinajstić information content (AvgIpc) is 3.57. The molecule has 0 aromatic carbocycles. The molecule has 0 bridgehead atoms. The predicted molar refractivity (Wildman–Crippen MR) is 219 cm³/mol.